The third-order valence-electron chi connectivity index (χ3n) is 2.78. The second-order valence-electron chi connectivity index (χ2n) is 4.23. The van der Waals surface area contributed by atoms with E-state index in [2.05, 4.69) is 4.72 Å². The van der Waals surface area contributed by atoms with Crippen molar-refractivity contribution in [3.63, 3.8) is 0 Å². The second-order valence-corrected chi connectivity index (χ2v) is 6.32. The van der Waals surface area contributed by atoms with Gasteiger partial charge in [-0.15, -0.1) is 0 Å². The molecule has 21 heavy (non-hydrogen) atoms. The van der Waals surface area contributed by atoms with Gasteiger partial charge in [-0.3, -0.25) is 4.79 Å². The van der Waals surface area contributed by atoms with Crippen LogP contribution in [-0.2, 0) is 14.8 Å². The van der Waals surface area contributed by atoms with E-state index in [-0.39, 0.29) is 9.92 Å². The molecule has 0 bridgehead atoms. The van der Waals surface area contributed by atoms with Crippen LogP contribution in [0, 0.1) is 0 Å². The fourth-order valence-corrected chi connectivity index (χ4v) is 3.48. The average molecular weight is 326 g/mol. The number of benzene rings is 2. The molecule has 0 saturated heterocycles. The molecule has 0 radical (unpaired) electrons. The van der Waals surface area contributed by atoms with Crippen molar-refractivity contribution in [3.8, 4) is 0 Å². The first kappa shape index (κ1) is 15.5. The van der Waals surface area contributed by atoms with Crippen LogP contribution in [-0.4, -0.2) is 19.5 Å². The molecule has 110 valence electrons. The maximum Gasteiger partial charge on any atom is 0.326 e. The van der Waals surface area contributed by atoms with Gasteiger partial charge in [0, 0.05) is 0 Å². The van der Waals surface area contributed by atoms with Gasteiger partial charge in [0.2, 0.25) is 10.0 Å². The molecule has 5 nitrogen and oxygen atoms in total. The number of nitrogens with one attached hydrogen (secondary N) is 1. The van der Waals surface area contributed by atoms with Gasteiger partial charge in [-0.2, -0.15) is 4.72 Å². The first-order valence-corrected chi connectivity index (χ1v) is 7.82. The fraction of sp³-hybridized carbons (Fsp3) is 0.0714. The molecule has 0 saturated carbocycles. The summed E-state index contributed by atoms with van der Waals surface area (Å²) in [6, 6.07) is 12.5. The number of halogens is 1. The highest BCUT2D eigenvalue weighted by molar-refractivity contribution is 7.89. The van der Waals surface area contributed by atoms with Crippen LogP contribution < -0.4 is 4.72 Å². The summed E-state index contributed by atoms with van der Waals surface area (Å²) in [5.74, 6) is -1.29. The maximum absolute atomic E-state index is 12.3. The Morgan fingerprint density at radius 1 is 1.05 bits per heavy atom. The van der Waals surface area contributed by atoms with Crippen molar-refractivity contribution in [2.24, 2.45) is 0 Å². The molecular weight excluding hydrogens is 314 g/mol. The molecule has 0 aromatic heterocycles. The van der Waals surface area contributed by atoms with E-state index >= 15 is 0 Å². The molecule has 1 atom stereocenters. The number of carboxylic acids is 1. The number of hydrogen-bond acceptors (Lipinski definition) is 3. The molecule has 0 spiro atoms. The summed E-state index contributed by atoms with van der Waals surface area (Å²) in [6.45, 7) is 0. The van der Waals surface area contributed by atoms with E-state index in [4.69, 9.17) is 11.6 Å². The maximum atomic E-state index is 12.3. The van der Waals surface area contributed by atoms with Crippen molar-refractivity contribution in [2.45, 2.75) is 10.9 Å². The monoisotopic (exact) mass is 325 g/mol. The molecule has 2 aromatic carbocycles. The number of carboxylic acid groups (broad SMARTS) is 1. The molecule has 0 fully saturated rings. The van der Waals surface area contributed by atoms with Crippen LogP contribution in [0.2, 0.25) is 5.02 Å². The summed E-state index contributed by atoms with van der Waals surface area (Å²) in [6.07, 6.45) is 0. The molecule has 0 amide bonds. The summed E-state index contributed by atoms with van der Waals surface area (Å²) in [7, 11) is -4.05. The van der Waals surface area contributed by atoms with Crippen molar-refractivity contribution in [1.82, 2.24) is 4.72 Å². The minimum absolute atomic E-state index is 0.0298. The zero-order chi connectivity index (χ0) is 15.5. The van der Waals surface area contributed by atoms with Crippen molar-refractivity contribution in [3.05, 3.63) is 65.2 Å². The van der Waals surface area contributed by atoms with Crippen LogP contribution >= 0.6 is 11.6 Å². The molecule has 0 aliphatic rings. The highest BCUT2D eigenvalue weighted by atomic mass is 35.5. The third-order valence-corrected chi connectivity index (χ3v) is 4.70. The normalized spacial score (nSPS) is 12.8. The van der Waals surface area contributed by atoms with E-state index in [1.165, 1.54) is 30.3 Å². The summed E-state index contributed by atoms with van der Waals surface area (Å²) in [5.41, 5.74) is 0.334. The Labute approximate surface area is 127 Å². The topological polar surface area (TPSA) is 83.5 Å². The molecule has 0 unspecified atom stereocenters. The van der Waals surface area contributed by atoms with Gasteiger partial charge in [-0.25, -0.2) is 8.42 Å². The molecule has 7 heteroatoms. The van der Waals surface area contributed by atoms with Crippen LogP contribution in [0.3, 0.4) is 0 Å². The van der Waals surface area contributed by atoms with Crippen LogP contribution in [0.25, 0.3) is 0 Å². The Bertz CT molecular complexity index is 747. The van der Waals surface area contributed by atoms with Crippen molar-refractivity contribution in [2.75, 3.05) is 0 Å². The smallest absolute Gasteiger partial charge is 0.326 e. The first-order valence-electron chi connectivity index (χ1n) is 5.96. The number of rotatable bonds is 5. The minimum atomic E-state index is -4.05. The summed E-state index contributed by atoms with van der Waals surface area (Å²) in [5, 5.41) is 9.28. The Balaban J connectivity index is 2.38. The van der Waals surface area contributed by atoms with E-state index in [0.717, 1.165) is 0 Å². The van der Waals surface area contributed by atoms with E-state index in [9.17, 15) is 18.3 Å². The van der Waals surface area contributed by atoms with Gasteiger partial charge in [0.15, 0.2) is 0 Å². The van der Waals surface area contributed by atoms with E-state index in [1.807, 2.05) is 0 Å². The van der Waals surface area contributed by atoms with Crippen molar-refractivity contribution < 1.29 is 18.3 Å². The third kappa shape index (κ3) is 3.60. The molecule has 2 rings (SSSR count). The lowest BCUT2D eigenvalue weighted by Gasteiger charge is -2.15. The predicted octanol–water partition coefficient (Wildman–Crippen LogP) is 2.44. The number of carbonyl (C=O) groups is 1. The van der Waals surface area contributed by atoms with Crippen molar-refractivity contribution in [1.29, 1.82) is 0 Å². The van der Waals surface area contributed by atoms with Gasteiger partial charge >= 0.3 is 5.97 Å². The number of aliphatic carboxylic acids is 1. The van der Waals surface area contributed by atoms with Crippen LogP contribution in [0.1, 0.15) is 11.6 Å². The van der Waals surface area contributed by atoms with Gasteiger partial charge in [0.05, 0.1) is 5.02 Å². The summed E-state index contributed by atoms with van der Waals surface area (Å²) >= 11 is 5.85. The molecule has 2 aromatic rings. The van der Waals surface area contributed by atoms with Crippen LogP contribution in [0.5, 0.6) is 0 Å². The van der Waals surface area contributed by atoms with Crippen LogP contribution in [0.15, 0.2) is 59.5 Å². The van der Waals surface area contributed by atoms with Gasteiger partial charge in [-0.1, -0.05) is 54.1 Å². The fourth-order valence-electron chi connectivity index (χ4n) is 1.79. The Hall–Kier alpha value is -1.89. The van der Waals surface area contributed by atoms with E-state index < -0.39 is 22.0 Å². The van der Waals surface area contributed by atoms with E-state index in [0.29, 0.717) is 5.56 Å². The Morgan fingerprint density at radius 2 is 1.62 bits per heavy atom. The van der Waals surface area contributed by atoms with Gasteiger partial charge in [0.1, 0.15) is 10.9 Å². The summed E-state index contributed by atoms with van der Waals surface area (Å²) in [4.78, 5) is 11.2. The first-order chi connectivity index (χ1) is 9.92. The zero-order valence-corrected chi connectivity index (χ0v) is 12.3. The number of sulfonamides is 1. The largest absolute Gasteiger partial charge is 0.480 e. The standard InChI is InChI=1S/C14H12ClNO4S/c15-11-8-4-5-9-12(11)21(19,20)16-13(14(17)18)10-6-2-1-3-7-10/h1-9,13,16H,(H,17,18)/t13-/m1/s1. The second kappa shape index (κ2) is 6.26. The van der Waals surface area contributed by atoms with Crippen molar-refractivity contribution >= 4 is 27.6 Å². The molecule has 0 aliphatic carbocycles. The lowest BCUT2D eigenvalue weighted by molar-refractivity contribution is -0.139. The minimum Gasteiger partial charge on any atom is -0.480 e. The summed E-state index contributed by atoms with van der Waals surface area (Å²) < 4.78 is 26.7. The van der Waals surface area contributed by atoms with Gasteiger partial charge < -0.3 is 5.11 Å². The predicted molar refractivity (Wildman–Crippen MR) is 78.6 cm³/mol. The molecule has 2 N–H and O–H groups in total. The quantitative estimate of drug-likeness (QED) is 0.884. The Kier molecular flexibility index (Phi) is 4.62. The average Bonchev–Trinajstić information content (AvgIpc) is 2.46. The molecule has 0 heterocycles. The number of hydrogen-bond donors (Lipinski definition) is 2. The highest BCUT2D eigenvalue weighted by Gasteiger charge is 2.27. The molecular formula is C14H12ClNO4S. The lowest BCUT2D eigenvalue weighted by atomic mass is 10.1. The Morgan fingerprint density at radius 3 is 2.19 bits per heavy atom. The molecule has 0 aliphatic heterocycles. The highest BCUT2D eigenvalue weighted by Crippen LogP contribution is 2.23. The van der Waals surface area contributed by atoms with Gasteiger partial charge in [0.25, 0.3) is 0 Å². The van der Waals surface area contributed by atoms with Crippen LogP contribution in [0.4, 0.5) is 0 Å². The van der Waals surface area contributed by atoms with Gasteiger partial charge in [-0.05, 0) is 17.7 Å². The van der Waals surface area contributed by atoms with E-state index in [1.54, 1.807) is 24.3 Å². The lowest BCUT2D eigenvalue weighted by Crippen LogP contribution is -2.33. The zero-order valence-electron chi connectivity index (χ0n) is 10.7. The SMILES string of the molecule is O=C(O)[C@H](NS(=O)(=O)c1ccccc1Cl)c1ccccc1.